The fourth-order valence-corrected chi connectivity index (χ4v) is 4.26. The summed E-state index contributed by atoms with van der Waals surface area (Å²) in [4.78, 5) is 19.0. The van der Waals surface area contributed by atoms with Crippen LogP contribution in [0, 0.1) is 11.7 Å². The maximum atomic E-state index is 14.2. The standard InChI is InChI=1S/C22H31F3N4O2.HI/c1-2-26-22(27-13-17-18(23)9-6-10-19(17)31-21(24)25)28-16-11-12-29(14-16)20(30)15-7-4-3-5-8-15;/h6,9-10,15-16,21H,2-5,7-8,11-14H2,1H3,(H2,26,27,28);1H. The van der Waals surface area contributed by atoms with Crippen LogP contribution in [0.2, 0.25) is 0 Å². The number of carbonyl (C=O) groups is 1. The van der Waals surface area contributed by atoms with Crippen molar-refractivity contribution in [1.82, 2.24) is 15.5 Å². The number of hydrogen-bond acceptors (Lipinski definition) is 3. The minimum Gasteiger partial charge on any atom is -0.434 e. The molecule has 2 aliphatic rings. The number of halogens is 4. The molecule has 10 heteroatoms. The van der Waals surface area contributed by atoms with Crippen LogP contribution in [0.25, 0.3) is 0 Å². The van der Waals surface area contributed by atoms with Crippen molar-refractivity contribution in [2.75, 3.05) is 19.6 Å². The number of likely N-dealkylation sites (tertiary alicyclic amines) is 1. The number of amides is 1. The molecule has 1 amide bonds. The molecule has 1 aromatic carbocycles. The molecule has 0 spiro atoms. The summed E-state index contributed by atoms with van der Waals surface area (Å²) in [5.41, 5.74) is -0.0273. The fourth-order valence-electron chi connectivity index (χ4n) is 4.26. The van der Waals surface area contributed by atoms with Gasteiger partial charge in [0, 0.05) is 31.6 Å². The van der Waals surface area contributed by atoms with E-state index in [2.05, 4.69) is 20.4 Å². The van der Waals surface area contributed by atoms with Crippen LogP contribution in [-0.4, -0.2) is 49.1 Å². The molecule has 2 fully saturated rings. The molecular formula is C22H32F3IN4O2. The summed E-state index contributed by atoms with van der Waals surface area (Å²) in [6.45, 7) is 0.592. The molecule has 1 heterocycles. The molecule has 1 saturated heterocycles. The number of guanidine groups is 1. The summed E-state index contributed by atoms with van der Waals surface area (Å²) in [6, 6.07) is 3.84. The second-order valence-electron chi connectivity index (χ2n) is 8.04. The van der Waals surface area contributed by atoms with Crippen LogP contribution in [0.5, 0.6) is 5.75 Å². The summed E-state index contributed by atoms with van der Waals surface area (Å²) in [5, 5.41) is 6.38. The Balaban J connectivity index is 0.00000363. The van der Waals surface area contributed by atoms with E-state index in [1.165, 1.54) is 24.6 Å². The van der Waals surface area contributed by atoms with Gasteiger partial charge in [0.05, 0.1) is 12.1 Å². The lowest BCUT2D eigenvalue weighted by Gasteiger charge is -2.26. The first-order valence-electron chi connectivity index (χ1n) is 11.0. The van der Waals surface area contributed by atoms with Gasteiger partial charge in [0.1, 0.15) is 11.6 Å². The third kappa shape index (κ3) is 7.41. The average Bonchev–Trinajstić information content (AvgIpc) is 3.21. The van der Waals surface area contributed by atoms with Crippen LogP contribution in [0.3, 0.4) is 0 Å². The van der Waals surface area contributed by atoms with Gasteiger partial charge in [-0.3, -0.25) is 4.79 Å². The summed E-state index contributed by atoms with van der Waals surface area (Å²) in [7, 11) is 0. The summed E-state index contributed by atoms with van der Waals surface area (Å²) in [6.07, 6.45) is 6.20. The Morgan fingerprint density at radius 1 is 1.25 bits per heavy atom. The van der Waals surface area contributed by atoms with E-state index in [9.17, 15) is 18.0 Å². The molecule has 0 bridgehead atoms. The van der Waals surface area contributed by atoms with Gasteiger partial charge in [-0.1, -0.05) is 25.3 Å². The smallest absolute Gasteiger partial charge is 0.387 e. The van der Waals surface area contributed by atoms with E-state index < -0.39 is 12.4 Å². The van der Waals surface area contributed by atoms with Crippen molar-refractivity contribution >= 4 is 35.8 Å². The maximum Gasteiger partial charge on any atom is 0.387 e. The molecule has 1 saturated carbocycles. The topological polar surface area (TPSA) is 66.0 Å². The van der Waals surface area contributed by atoms with Crippen LogP contribution < -0.4 is 15.4 Å². The van der Waals surface area contributed by atoms with E-state index >= 15 is 0 Å². The quantitative estimate of drug-likeness (QED) is 0.293. The second kappa shape index (κ2) is 13.1. The number of ether oxygens (including phenoxy) is 1. The predicted octanol–water partition coefficient (Wildman–Crippen LogP) is 4.28. The number of rotatable bonds is 7. The molecule has 1 aliphatic heterocycles. The van der Waals surface area contributed by atoms with Gasteiger partial charge in [-0.15, -0.1) is 24.0 Å². The van der Waals surface area contributed by atoms with Crippen molar-refractivity contribution in [3.63, 3.8) is 0 Å². The lowest BCUT2D eigenvalue weighted by atomic mass is 9.88. The van der Waals surface area contributed by atoms with Crippen molar-refractivity contribution in [3.05, 3.63) is 29.6 Å². The van der Waals surface area contributed by atoms with Crippen molar-refractivity contribution in [2.24, 2.45) is 10.9 Å². The van der Waals surface area contributed by atoms with Gasteiger partial charge < -0.3 is 20.3 Å². The minimum atomic E-state index is -3.04. The highest BCUT2D eigenvalue weighted by atomic mass is 127. The van der Waals surface area contributed by atoms with Gasteiger partial charge in [-0.05, 0) is 38.3 Å². The second-order valence-corrected chi connectivity index (χ2v) is 8.04. The lowest BCUT2D eigenvalue weighted by molar-refractivity contribution is -0.135. The Kier molecular flexibility index (Phi) is 10.9. The number of alkyl halides is 2. The lowest BCUT2D eigenvalue weighted by Crippen LogP contribution is -2.45. The third-order valence-electron chi connectivity index (χ3n) is 5.83. The molecule has 1 unspecified atom stereocenters. The molecule has 180 valence electrons. The number of nitrogens with zero attached hydrogens (tertiary/aromatic N) is 2. The Morgan fingerprint density at radius 3 is 2.69 bits per heavy atom. The van der Waals surface area contributed by atoms with Gasteiger partial charge in [0.15, 0.2) is 5.96 Å². The average molecular weight is 568 g/mol. The Labute approximate surface area is 204 Å². The molecular weight excluding hydrogens is 536 g/mol. The zero-order chi connectivity index (χ0) is 22.2. The maximum absolute atomic E-state index is 14.2. The van der Waals surface area contributed by atoms with Gasteiger partial charge in [-0.25, -0.2) is 9.38 Å². The Morgan fingerprint density at radius 2 is 2.00 bits per heavy atom. The molecule has 1 atom stereocenters. The fraction of sp³-hybridized carbons (Fsp3) is 0.636. The summed E-state index contributed by atoms with van der Waals surface area (Å²) >= 11 is 0. The van der Waals surface area contributed by atoms with E-state index in [1.54, 1.807) is 0 Å². The zero-order valence-electron chi connectivity index (χ0n) is 18.3. The first-order chi connectivity index (χ1) is 15.0. The van der Waals surface area contributed by atoms with Gasteiger partial charge in [0.25, 0.3) is 0 Å². The van der Waals surface area contributed by atoms with Crippen LogP contribution in [0.4, 0.5) is 13.2 Å². The third-order valence-corrected chi connectivity index (χ3v) is 5.83. The zero-order valence-corrected chi connectivity index (χ0v) is 20.6. The van der Waals surface area contributed by atoms with E-state index in [4.69, 9.17) is 0 Å². The molecule has 3 rings (SSSR count). The first kappa shape index (κ1) is 26.5. The minimum absolute atomic E-state index is 0. The van der Waals surface area contributed by atoms with E-state index in [0.717, 1.165) is 32.1 Å². The van der Waals surface area contributed by atoms with Gasteiger partial charge in [-0.2, -0.15) is 8.78 Å². The van der Waals surface area contributed by atoms with Crippen LogP contribution >= 0.6 is 24.0 Å². The molecule has 0 radical (unpaired) electrons. The van der Waals surface area contributed by atoms with Crippen LogP contribution in [0.1, 0.15) is 51.0 Å². The first-order valence-corrected chi connectivity index (χ1v) is 11.0. The van der Waals surface area contributed by atoms with Gasteiger partial charge in [0.2, 0.25) is 5.91 Å². The number of aliphatic imine (C=N–C) groups is 1. The van der Waals surface area contributed by atoms with E-state index in [1.807, 2.05) is 11.8 Å². The number of hydrogen-bond donors (Lipinski definition) is 2. The van der Waals surface area contributed by atoms with E-state index in [0.29, 0.717) is 25.6 Å². The number of benzene rings is 1. The molecule has 1 aromatic rings. The summed E-state index contributed by atoms with van der Waals surface area (Å²) in [5.74, 6) is -0.0388. The molecule has 6 nitrogen and oxygen atoms in total. The highest BCUT2D eigenvalue weighted by Gasteiger charge is 2.31. The van der Waals surface area contributed by atoms with Crippen molar-refractivity contribution < 1.29 is 22.7 Å². The van der Waals surface area contributed by atoms with E-state index in [-0.39, 0.29) is 59.7 Å². The highest BCUT2D eigenvalue weighted by Crippen LogP contribution is 2.27. The predicted molar refractivity (Wildman–Crippen MR) is 128 cm³/mol. The molecule has 1 aliphatic carbocycles. The largest absolute Gasteiger partial charge is 0.434 e. The normalized spacial score (nSPS) is 19.6. The molecule has 2 N–H and O–H groups in total. The van der Waals surface area contributed by atoms with Crippen molar-refractivity contribution in [1.29, 1.82) is 0 Å². The Bertz CT molecular complexity index is 776. The van der Waals surface area contributed by atoms with Gasteiger partial charge >= 0.3 is 6.61 Å². The Hall–Kier alpha value is -1.72. The van der Waals surface area contributed by atoms with Crippen molar-refractivity contribution in [2.45, 2.75) is 64.6 Å². The molecule has 0 aromatic heterocycles. The van der Waals surface area contributed by atoms with Crippen LogP contribution in [-0.2, 0) is 11.3 Å². The molecule has 32 heavy (non-hydrogen) atoms. The number of carbonyl (C=O) groups excluding carboxylic acids is 1. The SMILES string of the molecule is CCNC(=NCc1c(F)cccc1OC(F)F)NC1CCN(C(=O)C2CCCCC2)C1.I. The highest BCUT2D eigenvalue weighted by molar-refractivity contribution is 14.0. The van der Waals surface area contributed by atoms with Crippen molar-refractivity contribution in [3.8, 4) is 5.75 Å². The number of nitrogens with one attached hydrogen (secondary N) is 2. The monoisotopic (exact) mass is 568 g/mol. The van der Waals surface area contributed by atoms with Crippen LogP contribution in [0.15, 0.2) is 23.2 Å². The summed E-state index contributed by atoms with van der Waals surface area (Å²) < 4.78 is 43.8.